The van der Waals surface area contributed by atoms with Gasteiger partial charge >= 0.3 is 0 Å². The van der Waals surface area contributed by atoms with Crippen molar-refractivity contribution in [2.45, 2.75) is 24.0 Å². The van der Waals surface area contributed by atoms with E-state index in [-0.39, 0.29) is 10.1 Å². The van der Waals surface area contributed by atoms with Gasteiger partial charge in [0.25, 0.3) is 10.0 Å². The normalized spacial score (nSPS) is 12.0. The van der Waals surface area contributed by atoms with E-state index in [0.717, 1.165) is 11.3 Å². The summed E-state index contributed by atoms with van der Waals surface area (Å²) in [5.74, 6) is 0.273. The van der Waals surface area contributed by atoms with Crippen LogP contribution in [0.4, 0.5) is 5.69 Å². The highest BCUT2D eigenvalue weighted by Crippen LogP contribution is 2.25. The summed E-state index contributed by atoms with van der Waals surface area (Å²) in [4.78, 5) is 16.4. The fraction of sp³-hybridized carbons (Fsp3) is 0.250. The molecule has 0 atom stereocenters. The van der Waals surface area contributed by atoms with Gasteiger partial charge in [-0.3, -0.25) is 4.79 Å². The van der Waals surface area contributed by atoms with Crippen molar-refractivity contribution >= 4 is 55.7 Å². The number of rotatable bonds is 6. The van der Waals surface area contributed by atoms with Crippen molar-refractivity contribution in [3.63, 3.8) is 0 Å². The number of aromatic nitrogens is 1. The van der Waals surface area contributed by atoms with Crippen LogP contribution in [0, 0.1) is 0 Å². The predicted molar refractivity (Wildman–Crippen MR) is 101 cm³/mol. The molecule has 0 aliphatic rings. The molecular weight excluding hydrogens is 398 g/mol. The van der Waals surface area contributed by atoms with Crippen LogP contribution in [0.2, 0.25) is 4.34 Å². The molecule has 10 heteroatoms. The molecule has 0 saturated carbocycles. The summed E-state index contributed by atoms with van der Waals surface area (Å²) in [6.07, 6.45) is 0. The van der Waals surface area contributed by atoms with Crippen LogP contribution in [0.25, 0.3) is 11.1 Å². The third kappa shape index (κ3) is 4.24. The van der Waals surface area contributed by atoms with Gasteiger partial charge in [0.15, 0.2) is 11.5 Å². The number of oxazole rings is 1. The molecule has 2 aromatic heterocycles. The molecule has 0 radical (unpaired) electrons. The molecular formula is C16H16ClN3O4S2. The Balaban J connectivity index is 1.65. The second-order valence-electron chi connectivity index (χ2n) is 5.82. The molecule has 0 aliphatic carbocycles. The van der Waals surface area contributed by atoms with E-state index in [9.17, 15) is 13.2 Å². The highest BCUT2D eigenvalue weighted by molar-refractivity contribution is 7.91. The van der Waals surface area contributed by atoms with Crippen molar-refractivity contribution in [3.8, 4) is 0 Å². The lowest BCUT2D eigenvalue weighted by Gasteiger charge is -2.06. The number of hydrogen-bond acceptors (Lipinski definition) is 6. The Hall–Kier alpha value is -1.94. The largest absolute Gasteiger partial charge is 0.440 e. The van der Waals surface area contributed by atoms with E-state index < -0.39 is 22.5 Å². The van der Waals surface area contributed by atoms with Gasteiger partial charge in [-0.2, -0.15) is 0 Å². The molecule has 0 fully saturated rings. The number of sulfonamides is 1. The average molecular weight is 414 g/mol. The molecule has 0 aliphatic heterocycles. The van der Waals surface area contributed by atoms with E-state index in [1.165, 1.54) is 12.1 Å². The number of thiophene rings is 1. The minimum Gasteiger partial charge on any atom is -0.440 e. The number of carbonyl (C=O) groups is 1. The van der Waals surface area contributed by atoms with Crippen LogP contribution >= 0.6 is 22.9 Å². The molecule has 2 N–H and O–H groups in total. The summed E-state index contributed by atoms with van der Waals surface area (Å²) < 4.78 is 32.4. The Labute approximate surface area is 159 Å². The Bertz CT molecular complexity index is 1060. The Morgan fingerprint density at radius 3 is 2.73 bits per heavy atom. The Morgan fingerprint density at radius 2 is 2.08 bits per heavy atom. The van der Waals surface area contributed by atoms with Crippen molar-refractivity contribution in [1.29, 1.82) is 0 Å². The van der Waals surface area contributed by atoms with Gasteiger partial charge in [0, 0.05) is 11.6 Å². The molecule has 1 aromatic carbocycles. The van der Waals surface area contributed by atoms with Gasteiger partial charge in [0.05, 0.1) is 10.9 Å². The van der Waals surface area contributed by atoms with Crippen LogP contribution in [0.15, 0.2) is 39.0 Å². The molecule has 138 valence electrons. The highest BCUT2D eigenvalue weighted by Gasteiger charge is 2.18. The number of halogens is 1. The van der Waals surface area contributed by atoms with Crippen LogP contribution in [-0.2, 0) is 14.8 Å². The zero-order valence-electron chi connectivity index (χ0n) is 13.9. The standard InChI is InChI=1S/C16H16ClN3O4S2/c1-9(2)16-20-11-7-10(3-4-12(11)24-16)19-14(21)8-18-26(22,23)15-6-5-13(17)25-15/h3-7,9,18H,8H2,1-2H3,(H,19,21). The van der Waals surface area contributed by atoms with Gasteiger partial charge in [-0.25, -0.2) is 18.1 Å². The first-order chi connectivity index (χ1) is 12.2. The van der Waals surface area contributed by atoms with E-state index in [4.69, 9.17) is 16.0 Å². The summed E-state index contributed by atoms with van der Waals surface area (Å²) in [5.41, 5.74) is 1.76. The van der Waals surface area contributed by atoms with E-state index in [1.54, 1.807) is 18.2 Å². The number of nitrogens with zero attached hydrogens (tertiary/aromatic N) is 1. The van der Waals surface area contributed by atoms with Crippen LogP contribution in [0.5, 0.6) is 0 Å². The summed E-state index contributed by atoms with van der Waals surface area (Å²) in [7, 11) is -3.77. The molecule has 3 aromatic rings. The van der Waals surface area contributed by atoms with Crippen LogP contribution < -0.4 is 10.0 Å². The minimum absolute atomic E-state index is 0.0560. The maximum atomic E-state index is 12.1. The van der Waals surface area contributed by atoms with Gasteiger partial charge in [-0.1, -0.05) is 25.4 Å². The second kappa shape index (κ2) is 7.36. The maximum Gasteiger partial charge on any atom is 0.250 e. The lowest BCUT2D eigenvalue weighted by atomic mass is 10.2. The Morgan fingerprint density at radius 1 is 1.31 bits per heavy atom. The summed E-state index contributed by atoms with van der Waals surface area (Å²) in [6.45, 7) is 3.55. The van der Waals surface area contributed by atoms with Crippen LogP contribution in [0.3, 0.4) is 0 Å². The molecule has 0 saturated heterocycles. The number of nitrogens with one attached hydrogen (secondary N) is 2. The maximum absolute atomic E-state index is 12.1. The zero-order chi connectivity index (χ0) is 18.9. The van der Waals surface area contributed by atoms with Crippen molar-refractivity contribution in [1.82, 2.24) is 9.71 Å². The molecule has 1 amide bonds. The van der Waals surface area contributed by atoms with E-state index in [0.29, 0.717) is 27.0 Å². The summed E-state index contributed by atoms with van der Waals surface area (Å²) in [5, 5.41) is 2.63. The fourth-order valence-electron chi connectivity index (χ4n) is 2.15. The molecule has 0 unspecified atom stereocenters. The third-order valence-corrected chi connectivity index (χ3v) is 6.54. The number of anilines is 1. The first-order valence-electron chi connectivity index (χ1n) is 7.70. The zero-order valence-corrected chi connectivity index (χ0v) is 16.3. The van der Waals surface area contributed by atoms with Gasteiger partial charge < -0.3 is 9.73 Å². The SMILES string of the molecule is CC(C)c1nc2cc(NC(=O)CNS(=O)(=O)c3ccc(Cl)s3)ccc2o1. The molecule has 0 bridgehead atoms. The van der Waals surface area contributed by atoms with Gasteiger partial charge in [0.2, 0.25) is 5.91 Å². The van der Waals surface area contributed by atoms with Gasteiger partial charge in [0.1, 0.15) is 9.73 Å². The molecule has 7 nitrogen and oxygen atoms in total. The van der Waals surface area contributed by atoms with Crippen molar-refractivity contribution < 1.29 is 17.6 Å². The van der Waals surface area contributed by atoms with E-state index in [2.05, 4.69) is 15.0 Å². The first-order valence-corrected chi connectivity index (χ1v) is 10.4. The third-order valence-electron chi connectivity index (χ3n) is 3.42. The van der Waals surface area contributed by atoms with E-state index in [1.807, 2.05) is 13.8 Å². The van der Waals surface area contributed by atoms with Gasteiger partial charge in [-0.15, -0.1) is 11.3 Å². The monoisotopic (exact) mass is 413 g/mol. The van der Waals surface area contributed by atoms with Crippen molar-refractivity contribution in [2.24, 2.45) is 0 Å². The fourth-order valence-corrected chi connectivity index (χ4v) is 4.66. The van der Waals surface area contributed by atoms with Crippen LogP contribution in [0.1, 0.15) is 25.7 Å². The van der Waals surface area contributed by atoms with Crippen molar-refractivity contribution in [2.75, 3.05) is 11.9 Å². The number of benzene rings is 1. The summed E-state index contributed by atoms with van der Waals surface area (Å²) >= 11 is 6.66. The lowest BCUT2D eigenvalue weighted by Crippen LogP contribution is -2.32. The smallest absolute Gasteiger partial charge is 0.250 e. The molecule has 26 heavy (non-hydrogen) atoms. The molecule has 2 heterocycles. The number of fused-ring (bicyclic) bond motifs is 1. The number of carbonyl (C=O) groups excluding carboxylic acids is 1. The minimum atomic E-state index is -3.77. The lowest BCUT2D eigenvalue weighted by molar-refractivity contribution is -0.115. The van der Waals surface area contributed by atoms with Crippen LogP contribution in [-0.4, -0.2) is 25.9 Å². The molecule has 0 spiro atoms. The van der Waals surface area contributed by atoms with E-state index >= 15 is 0 Å². The highest BCUT2D eigenvalue weighted by atomic mass is 35.5. The average Bonchev–Trinajstić information content (AvgIpc) is 3.19. The summed E-state index contributed by atoms with van der Waals surface area (Å²) in [6, 6.07) is 7.93. The predicted octanol–water partition coefficient (Wildman–Crippen LogP) is 3.58. The number of amides is 1. The quantitative estimate of drug-likeness (QED) is 0.643. The Kier molecular flexibility index (Phi) is 5.33. The topological polar surface area (TPSA) is 101 Å². The van der Waals surface area contributed by atoms with Crippen molar-refractivity contribution in [3.05, 3.63) is 40.6 Å². The second-order valence-corrected chi connectivity index (χ2v) is 9.53. The molecule has 3 rings (SSSR count). The number of hydrogen-bond donors (Lipinski definition) is 2. The van der Waals surface area contributed by atoms with Gasteiger partial charge in [-0.05, 0) is 30.3 Å². The first kappa shape index (κ1) is 18.8.